The zero-order valence-electron chi connectivity index (χ0n) is 5.97. The van der Waals surface area contributed by atoms with E-state index in [2.05, 4.69) is 11.7 Å². The number of hydrogen-bond donors (Lipinski definition) is 0. The summed E-state index contributed by atoms with van der Waals surface area (Å²) in [5, 5.41) is 0. The van der Waals surface area contributed by atoms with Crippen molar-refractivity contribution in [1.82, 2.24) is 0 Å². The van der Waals surface area contributed by atoms with E-state index in [0.717, 1.165) is 0 Å². The molecule has 0 amide bonds. The number of alkyl halides is 7. The summed E-state index contributed by atoms with van der Waals surface area (Å²) < 4.78 is 84.5. The largest absolute Gasteiger partial charge is 0.462 e. The average molecular weight is 213 g/mol. The van der Waals surface area contributed by atoms with Crippen LogP contribution in [0.5, 0.6) is 0 Å². The van der Waals surface area contributed by atoms with Crippen molar-refractivity contribution >= 4 is 0 Å². The van der Waals surface area contributed by atoms with E-state index in [1.165, 1.54) is 0 Å². The van der Waals surface area contributed by atoms with Crippen molar-refractivity contribution in [2.45, 2.75) is 18.2 Å². The molecule has 1 nitrogen and oxygen atoms in total. The SMILES string of the molecule is [CH2]COC(F)(F)C(F)(F)C(F)(F)F. The molecule has 0 aromatic carbocycles. The van der Waals surface area contributed by atoms with Crippen LogP contribution >= 0.6 is 0 Å². The van der Waals surface area contributed by atoms with E-state index in [1.54, 1.807) is 0 Å². The van der Waals surface area contributed by atoms with E-state index in [4.69, 9.17) is 0 Å². The first-order valence-corrected chi connectivity index (χ1v) is 2.82. The van der Waals surface area contributed by atoms with Crippen LogP contribution in [0.15, 0.2) is 0 Å². The van der Waals surface area contributed by atoms with Gasteiger partial charge in [-0.15, -0.1) is 0 Å². The molecule has 0 aliphatic heterocycles. The lowest BCUT2D eigenvalue weighted by Crippen LogP contribution is -2.53. The summed E-state index contributed by atoms with van der Waals surface area (Å²) in [5.74, 6) is -6.21. The van der Waals surface area contributed by atoms with Gasteiger partial charge in [0.15, 0.2) is 0 Å². The third kappa shape index (κ3) is 2.23. The lowest BCUT2D eigenvalue weighted by atomic mass is 10.3. The fraction of sp³-hybridized carbons (Fsp3) is 0.800. The predicted molar refractivity (Wildman–Crippen MR) is 27.3 cm³/mol. The lowest BCUT2D eigenvalue weighted by Gasteiger charge is -2.26. The van der Waals surface area contributed by atoms with E-state index in [0.29, 0.717) is 0 Å². The Morgan fingerprint density at radius 3 is 1.54 bits per heavy atom. The molecule has 0 heterocycles. The van der Waals surface area contributed by atoms with Gasteiger partial charge in [0.2, 0.25) is 0 Å². The standard InChI is InChI=1S/C5H4F7O/c1-2-13-5(11,12)3(6,7)4(8,9)10/h1-2H2. The van der Waals surface area contributed by atoms with E-state index in [1.807, 2.05) is 0 Å². The van der Waals surface area contributed by atoms with Crippen molar-refractivity contribution in [2.24, 2.45) is 0 Å². The molecule has 0 bridgehead atoms. The smallest absolute Gasteiger partial charge is 0.315 e. The van der Waals surface area contributed by atoms with Crippen LogP contribution in [-0.4, -0.2) is 24.8 Å². The molecule has 0 unspecified atom stereocenters. The highest BCUT2D eigenvalue weighted by Gasteiger charge is 2.74. The molecule has 0 rings (SSSR count). The molecule has 0 aromatic heterocycles. The highest BCUT2D eigenvalue weighted by Crippen LogP contribution is 2.46. The van der Waals surface area contributed by atoms with Gasteiger partial charge in [-0.25, -0.2) is 0 Å². The van der Waals surface area contributed by atoms with Crippen LogP contribution in [0.3, 0.4) is 0 Å². The Hall–Kier alpha value is -0.530. The maximum absolute atomic E-state index is 12.0. The molecule has 1 radical (unpaired) electrons. The van der Waals surface area contributed by atoms with Crippen molar-refractivity contribution in [3.8, 4) is 0 Å². The Labute approximate surface area is 68.5 Å². The maximum atomic E-state index is 12.0. The van der Waals surface area contributed by atoms with Crippen molar-refractivity contribution in [2.75, 3.05) is 6.61 Å². The Kier molecular flexibility index (Phi) is 3.18. The molecule has 0 saturated carbocycles. The van der Waals surface area contributed by atoms with Gasteiger partial charge >= 0.3 is 18.2 Å². The van der Waals surface area contributed by atoms with Crippen molar-refractivity contribution in [3.05, 3.63) is 6.92 Å². The minimum absolute atomic E-state index is 1.20. The monoisotopic (exact) mass is 213 g/mol. The quantitative estimate of drug-likeness (QED) is 0.654. The van der Waals surface area contributed by atoms with Gasteiger partial charge in [-0.1, -0.05) is 0 Å². The number of hydrogen-bond acceptors (Lipinski definition) is 1. The minimum Gasteiger partial charge on any atom is -0.315 e. The topological polar surface area (TPSA) is 9.23 Å². The third-order valence-corrected chi connectivity index (χ3v) is 1.00. The van der Waals surface area contributed by atoms with Crippen molar-refractivity contribution in [1.29, 1.82) is 0 Å². The normalized spacial score (nSPS) is 14.8. The summed E-state index contributed by atoms with van der Waals surface area (Å²) >= 11 is 0. The van der Waals surface area contributed by atoms with Crippen LogP contribution in [0.1, 0.15) is 0 Å². The highest BCUT2D eigenvalue weighted by atomic mass is 19.4. The highest BCUT2D eigenvalue weighted by molar-refractivity contribution is 4.84. The van der Waals surface area contributed by atoms with E-state index in [-0.39, 0.29) is 0 Å². The first-order chi connectivity index (χ1) is 5.56. The summed E-state index contributed by atoms with van der Waals surface area (Å²) in [7, 11) is 0. The molecule has 0 aliphatic carbocycles. The maximum Gasteiger partial charge on any atom is 0.462 e. The van der Waals surface area contributed by atoms with Gasteiger partial charge in [-0.3, -0.25) is 0 Å². The summed E-state index contributed by atoms with van der Waals surface area (Å²) in [6.07, 6.45) is -11.9. The van der Waals surface area contributed by atoms with Gasteiger partial charge in [0.05, 0.1) is 6.61 Å². The fourth-order valence-electron chi connectivity index (χ4n) is 0.384. The van der Waals surface area contributed by atoms with Crippen LogP contribution in [0.25, 0.3) is 0 Å². The molecule has 79 valence electrons. The molecule has 0 N–H and O–H groups in total. The zero-order chi connectivity index (χ0) is 10.9. The average Bonchev–Trinajstić information content (AvgIpc) is 1.84. The molecule has 0 saturated heterocycles. The first-order valence-electron chi connectivity index (χ1n) is 2.82. The number of rotatable bonds is 3. The van der Waals surface area contributed by atoms with Gasteiger partial charge < -0.3 is 4.74 Å². The van der Waals surface area contributed by atoms with E-state index < -0.39 is 24.8 Å². The molecule has 0 fully saturated rings. The molecule has 0 aliphatic rings. The Morgan fingerprint density at radius 2 is 1.31 bits per heavy atom. The van der Waals surface area contributed by atoms with Crippen LogP contribution in [0.2, 0.25) is 0 Å². The van der Waals surface area contributed by atoms with Gasteiger partial charge in [-0.05, 0) is 6.92 Å². The van der Waals surface area contributed by atoms with Gasteiger partial charge in [-0.2, -0.15) is 30.7 Å². The molecule has 0 spiro atoms. The second-order valence-corrected chi connectivity index (χ2v) is 1.94. The Bertz CT molecular complexity index is 172. The second kappa shape index (κ2) is 3.32. The summed E-state index contributed by atoms with van der Waals surface area (Å²) in [5.41, 5.74) is 0. The molecular weight excluding hydrogens is 209 g/mol. The summed E-state index contributed by atoms with van der Waals surface area (Å²) in [6, 6.07) is 0. The van der Waals surface area contributed by atoms with Crippen LogP contribution in [0, 0.1) is 6.92 Å². The Balaban J connectivity index is 4.81. The van der Waals surface area contributed by atoms with Gasteiger partial charge in [0.25, 0.3) is 0 Å². The van der Waals surface area contributed by atoms with Crippen LogP contribution in [-0.2, 0) is 4.74 Å². The predicted octanol–water partition coefficient (Wildman–Crippen LogP) is 2.63. The first kappa shape index (κ1) is 12.5. The molecule has 13 heavy (non-hydrogen) atoms. The molecular formula is C5H4F7O. The van der Waals surface area contributed by atoms with Crippen LogP contribution in [0.4, 0.5) is 30.7 Å². The summed E-state index contributed by atoms with van der Waals surface area (Å²) in [4.78, 5) is 0. The lowest BCUT2D eigenvalue weighted by molar-refractivity contribution is -0.422. The van der Waals surface area contributed by atoms with Crippen molar-refractivity contribution in [3.63, 3.8) is 0 Å². The Morgan fingerprint density at radius 1 is 0.923 bits per heavy atom. The molecule has 0 aromatic rings. The molecule has 8 heteroatoms. The second-order valence-electron chi connectivity index (χ2n) is 1.94. The van der Waals surface area contributed by atoms with Crippen LogP contribution < -0.4 is 0 Å². The van der Waals surface area contributed by atoms with Crippen molar-refractivity contribution < 1.29 is 35.5 Å². The zero-order valence-corrected chi connectivity index (χ0v) is 5.97. The van der Waals surface area contributed by atoms with Gasteiger partial charge in [0.1, 0.15) is 0 Å². The van der Waals surface area contributed by atoms with E-state index in [9.17, 15) is 30.7 Å². The minimum atomic E-state index is -6.36. The number of halogens is 7. The number of ether oxygens (including phenoxy) is 1. The van der Waals surface area contributed by atoms with E-state index >= 15 is 0 Å². The summed E-state index contributed by atoms with van der Waals surface area (Å²) in [6.45, 7) is 1.37. The third-order valence-electron chi connectivity index (χ3n) is 1.00. The molecule has 0 atom stereocenters. The van der Waals surface area contributed by atoms with Gasteiger partial charge in [0, 0.05) is 0 Å². The fourth-order valence-corrected chi connectivity index (χ4v) is 0.384.